The number of nitrogens with zero attached hydrogens (tertiary/aromatic N) is 1. The fourth-order valence-corrected chi connectivity index (χ4v) is 3.81. The first-order valence-corrected chi connectivity index (χ1v) is 10.1. The molecule has 1 saturated carbocycles. The maximum absolute atomic E-state index is 12.8. The maximum Gasteiger partial charge on any atom is 0.274 e. The molecule has 0 spiro atoms. The van der Waals surface area contributed by atoms with Crippen molar-refractivity contribution < 1.29 is 9.90 Å². The van der Waals surface area contributed by atoms with Crippen molar-refractivity contribution in [3.05, 3.63) is 26.6 Å². The smallest absolute Gasteiger partial charge is 0.274 e. The first kappa shape index (κ1) is 20.2. The Morgan fingerprint density at radius 1 is 1.24 bits per heavy atom. The number of rotatable bonds is 7. The first-order valence-electron chi connectivity index (χ1n) is 9.36. The Labute approximate surface area is 157 Å². The topological polar surface area (TPSA) is 71.3 Å². The molecule has 0 saturated heterocycles. The Morgan fingerprint density at radius 2 is 1.92 bits per heavy atom. The summed E-state index contributed by atoms with van der Waals surface area (Å²) in [6.45, 7) is 2.61. The third-order valence-corrected chi connectivity index (χ3v) is 5.81. The van der Waals surface area contributed by atoms with Crippen LogP contribution in [0, 0.1) is 12.8 Å². The minimum Gasteiger partial charge on any atom is -0.396 e. The van der Waals surface area contributed by atoms with Crippen LogP contribution >= 0.6 is 15.9 Å². The lowest BCUT2D eigenvalue weighted by molar-refractivity contribution is -0.120. The highest BCUT2D eigenvalue weighted by molar-refractivity contribution is 9.10. The minimum absolute atomic E-state index is 0.0123. The van der Waals surface area contributed by atoms with E-state index in [1.54, 1.807) is 10.8 Å². The number of pyridine rings is 1. The van der Waals surface area contributed by atoms with Crippen LogP contribution < -0.4 is 10.9 Å². The number of amides is 1. The molecular weight excluding hydrogens is 384 g/mol. The van der Waals surface area contributed by atoms with Gasteiger partial charge in [-0.3, -0.25) is 9.59 Å². The van der Waals surface area contributed by atoms with Crippen molar-refractivity contribution in [3.63, 3.8) is 0 Å². The fourth-order valence-electron chi connectivity index (χ4n) is 3.37. The molecule has 1 aliphatic carbocycles. The van der Waals surface area contributed by atoms with Crippen LogP contribution in [-0.4, -0.2) is 22.2 Å². The summed E-state index contributed by atoms with van der Waals surface area (Å²) in [5, 5.41) is 11.8. The third-order valence-electron chi connectivity index (χ3n) is 5.01. The SMILES string of the molecule is Cc1c(Br)cn(CCCCCO)c(=O)c1NC(=O)C1CCCCCC1. The average molecular weight is 413 g/mol. The number of unbranched alkanes of at least 4 members (excludes halogenated alkanes) is 2. The molecule has 2 N–H and O–H groups in total. The second kappa shape index (κ2) is 10.1. The van der Waals surface area contributed by atoms with Crippen molar-refractivity contribution in [3.8, 4) is 0 Å². The van der Waals surface area contributed by atoms with Crippen LogP contribution in [0.3, 0.4) is 0 Å². The molecule has 1 fully saturated rings. The summed E-state index contributed by atoms with van der Waals surface area (Å²) in [7, 11) is 0. The number of aryl methyl sites for hydroxylation is 1. The second-order valence-corrected chi connectivity index (χ2v) is 7.79. The number of nitrogens with one attached hydrogen (secondary N) is 1. The van der Waals surface area contributed by atoms with Gasteiger partial charge in [0.05, 0.1) is 0 Å². The predicted octanol–water partition coefficient (Wildman–Crippen LogP) is 3.99. The van der Waals surface area contributed by atoms with Crippen LogP contribution in [0.2, 0.25) is 0 Å². The summed E-state index contributed by atoms with van der Waals surface area (Å²) in [6, 6.07) is 0. The van der Waals surface area contributed by atoms with Crippen molar-refractivity contribution in [1.82, 2.24) is 4.57 Å². The van der Waals surface area contributed by atoms with Gasteiger partial charge in [0.1, 0.15) is 5.69 Å². The Bertz CT molecular complexity index is 634. The molecule has 0 radical (unpaired) electrons. The molecule has 1 aromatic rings. The quantitative estimate of drug-likeness (QED) is 0.525. The van der Waals surface area contributed by atoms with Gasteiger partial charge in [0.15, 0.2) is 0 Å². The zero-order valence-electron chi connectivity index (χ0n) is 15.0. The van der Waals surface area contributed by atoms with Gasteiger partial charge in [-0.1, -0.05) is 25.7 Å². The maximum atomic E-state index is 12.8. The van der Waals surface area contributed by atoms with E-state index in [1.165, 1.54) is 12.8 Å². The Hall–Kier alpha value is -1.14. The Morgan fingerprint density at radius 3 is 2.56 bits per heavy atom. The zero-order chi connectivity index (χ0) is 18.2. The van der Waals surface area contributed by atoms with Crippen LogP contribution in [0.5, 0.6) is 0 Å². The highest BCUT2D eigenvalue weighted by Gasteiger charge is 2.22. The van der Waals surface area contributed by atoms with Gasteiger partial charge in [-0.05, 0) is 60.5 Å². The molecular formula is C19H29BrN2O3. The minimum atomic E-state index is -0.147. The lowest BCUT2D eigenvalue weighted by Gasteiger charge is -2.17. The number of halogens is 1. The molecule has 0 aromatic carbocycles. The molecule has 1 heterocycles. The first-order chi connectivity index (χ1) is 12.0. The zero-order valence-corrected chi connectivity index (χ0v) is 16.6. The van der Waals surface area contributed by atoms with Crippen LogP contribution in [-0.2, 0) is 11.3 Å². The van der Waals surface area contributed by atoms with Crippen molar-refractivity contribution in [2.75, 3.05) is 11.9 Å². The number of hydrogen-bond donors (Lipinski definition) is 2. The molecule has 1 amide bonds. The summed E-state index contributed by atoms with van der Waals surface area (Å²) in [4.78, 5) is 25.4. The van der Waals surface area contributed by atoms with E-state index < -0.39 is 0 Å². The largest absolute Gasteiger partial charge is 0.396 e. The number of anilines is 1. The molecule has 0 unspecified atom stereocenters. The van der Waals surface area contributed by atoms with E-state index in [-0.39, 0.29) is 24.0 Å². The van der Waals surface area contributed by atoms with Gasteiger partial charge in [-0.2, -0.15) is 0 Å². The number of carbonyl (C=O) groups excluding carboxylic acids is 1. The van der Waals surface area contributed by atoms with E-state index in [1.807, 2.05) is 6.92 Å². The van der Waals surface area contributed by atoms with Crippen molar-refractivity contribution in [1.29, 1.82) is 0 Å². The van der Waals surface area contributed by atoms with Gasteiger partial charge in [-0.25, -0.2) is 0 Å². The van der Waals surface area contributed by atoms with E-state index in [0.717, 1.165) is 55.0 Å². The Kier molecular flexibility index (Phi) is 8.16. The number of aliphatic hydroxyl groups is 1. The summed E-state index contributed by atoms with van der Waals surface area (Å²) < 4.78 is 2.47. The average Bonchev–Trinajstić information content (AvgIpc) is 2.89. The molecule has 25 heavy (non-hydrogen) atoms. The normalized spacial score (nSPS) is 15.8. The molecule has 0 bridgehead atoms. The summed E-state index contributed by atoms with van der Waals surface area (Å²) >= 11 is 3.50. The van der Waals surface area contributed by atoms with Gasteiger partial charge in [-0.15, -0.1) is 0 Å². The molecule has 0 aliphatic heterocycles. The van der Waals surface area contributed by atoms with Crippen LogP contribution in [0.25, 0.3) is 0 Å². The van der Waals surface area contributed by atoms with Gasteiger partial charge >= 0.3 is 0 Å². The van der Waals surface area contributed by atoms with Gasteiger partial charge < -0.3 is 15.0 Å². The number of carbonyl (C=O) groups is 1. The predicted molar refractivity (Wildman–Crippen MR) is 104 cm³/mol. The van der Waals surface area contributed by atoms with Gasteiger partial charge in [0.25, 0.3) is 5.56 Å². The van der Waals surface area contributed by atoms with Gasteiger partial charge in [0.2, 0.25) is 5.91 Å². The van der Waals surface area contributed by atoms with Crippen LogP contribution in [0.1, 0.15) is 63.4 Å². The second-order valence-electron chi connectivity index (χ2n) is 6.94. The lowest BCUT2D eigenvalue weighted by Crippen LogP contribution is -2.30. The highest BCUT2D eigenvalue weighted by Crippen LogP contribution is 2.26. The number of aliphatic hydroxyl groups excluding tert-OH is 1. The monoisotopic (exact) mass is 412 g/mol. The molecule has 6 heteroatoms. The summed E-state index contributed by atoms with van der Waals surface area (Å²) in [5.74, 6) is -0.00897. The number of aromatic nitrogens is 1. The van der Waals surface area contributed by atoms with E-state index in [2.05, 4.69) is 21.2 Å². The van der Waals surface area contributed by atoms with Crippen molar-refractivity contribution in [2.24, 2.45) is 5.92 Å². The molecule has 1 aliphatic rings. The molecule has 140 valence electrons. The molecule has 0 atom stereocenters. The third kappa shape index (κ3) is 5.68. The van der Waals surface area contributed by atoms with Crippen LogP contribution in [0.15, 0.2) is 15.5 Å². The highest BCUT2D eigenvalue weighted by atomic mass is 79.9. The van der Waals surface area contributed by atoms with Crippen molar-refractivity contribution in [2.45, 2.75) is 71.3 Å². The lowest BCUT2D eigenvalue weighted by atomic mass is 9.99. The molecule has 1 aromatic heterocycles. The van der Waals surface area contributed by atoms with E-state index in [0.29, 0.717) is 12.2 Å². The summed E-state index contributed by atoms with van der Waals surface area (Å²) in [6.07, 6.45) is 10.6. The standard InChI is InChI=1S/C19H29BrN2O3/c1-14-16(20)13-22(11-7-4-8-12-23)19(25)17(14)21-18(24)15-9-5-2-3-6-10-15/h13,15,23H,2-12H2,1H3,(H,21,24). The van der Waals surface area contributed by atoms with Crippen molar-refractivity contribution >= 4 is 27.5 Å². The van der Waals surface area contributed by atoms with Gasteiger partial charge in [0, 0.05) is 29.7 Å². The van der Waals surface area contributed by atoms with E-state index in [9.17, 15) is 9.59 Å². The van der Waals surface area contributed by atoms with E-state index >= 15 is 0 Å². The molecule has 2 rings (SSSR count). The van der Waals surface area contributed by atoms with Crippen LogP contribution in [0.4, 0.5) is 5.69 Å². The fraction of sp³-hybridized carbons (Fsp3) is 0.684. The summed E-state index contributed by atoms with van der Waals surface area (Å²) in [5.41, 5.74) is 1.02. The Balaban J connectivity index is 2.14. The molecule has 5 nitrogen and oxygen atoms in total. The van der Waals surface area contributed by atoms with E-state index in [4.69, 9.17) is 5.11 Å². The number of hydrogen-bond acceptors (Lipinski definition) is 3.